The van der Waals surface area contributed by atoms with E-state index >= 15 is 0 Å². The second-order valence-corrected chi connectivity index (χ2v) is 5.87. The minimum Gasteiger partial charge on any atom is -0.349 e. The maximum atomic E-state index is 12.1. The van der Waals surface area contributed by atoms with E-state index in [2.05, 4.69) is 31.7 Å². The fourth-order valence-electron chi connectivity index (χ4n) is 1.87. The second kappa shape index (κ2) is 6.87. The van der Waals surface area contributed by atoms with Crippen molar-refractivity contribution in [3.05, 3.63) is 46.2 Å². The molecule has 0 saturated carbocycles. The van der Waals surface area contributed by atoms with E-state index in [9.17, 15) is 4.79 Å². The van der Waals surface area contributed by atoms with Gasteiger partial charge in [-0.2, -0.15) is 5.10 Å². The van der Waals surface area contributed by atoms with Gasteiger partial charge < -0.3 is 10.6 Å². The summed E-state index contributed by atoms with van der Waals surface area (Å²) in [7, 11) is 1.86. The minimum absolute atomic E-state index is 0.156. The van der Waals surface area contributed by atoms with Crippen LogP contribution in [0.15, 0.2) is 34.8 Å². The lowest BCUT2D eigenvalue weighted by molar-refractivity contribution is 0.0945. The maximum Gasteiger partial charge on any atom is 0.271 e. The number of benzene rings is 1. The average molecular weight is 351 g/mol. The molecule has 1 atom stereocenters. The van der Waals surface area contributed by atoms with Crippen LogP contribution in [0, 0.1) is 6.92 Å². The normalized spacial score (nSPS) is 12.2. The number of carbonyl (C=O) groups is 1. The maximum absolute atomic E-state index is 12.1. The lowest BCUT2D eigenvalue weighted by atomic mass is 10.3. The Kier molecular flexibility index (Phi) is 5.14. The Bertz CT molecular complexity index is 621. The molecule has 0 aliphatic heterocycles. The molecule has 0 radical (unpaired) electrons. The fourth-order valence-corrected chi connectivity index (χ4v) is 2.13. The van der Waals surface area contributed by atoms with E-state index in [4.69, 9.17) is 0 Å². The highest BCUT2D eigenvalue weighted by atomic mass is 79.9. The molecule has 5 nitrogen and oxygen atoms in total. The van der Waals surface area contributed by atoms with Crippen LogP contribution >= 0.6 is 15.9 Å². The van der Waals surface area contributed by atoms with Crippen molar-refractivity contribution in [2.24, 2.45) is 0 Å². The van der Waals surface area contributed by atoms with Gasteiger partial charge in [0.2, 0.25) is 0 Å². The number of nitrogens with zero attached hydrogens (tertiary/aromatic N) is 2. The van der Waals surface area contributed by atoms with E-state index in [0.29, 0.717) is 12.2 Å². The lowest BCUT2D eigenvalue weighted by Gasteiger charge is -2.10. The first kappa shape index (κ1) is 15.7. The molecule has 0 bridgehead atoms. The molecule has 0 fully saturated rings. The summed E-state index contributed by atoms with van der Waals surface area (Å²) in [5.41, 5.74) is 2.28. The van der Waals surface area contributed by atoms with Gasteiger partial charge in [-0.1, -0.05) is 15.9 Å². The third kappa shape index (κ3) is 3.92. The third-order valence-corrected chi connectivity index (χ3v) is 3.78. The summed E-state index contributed by atoms with van der Waals surface area (Å²) in [5.74, 6) is -0.156. The molecule has 1 unspecified atom stereocenters. The Morgan fingerprint density at radius 3 is 2.67 bits per heavy atom. The number of hydrogen-bond donors (Lipinski definition) is 2. The Hall–Kier alpha value is -1.66. The average Bonchev–Trinajstić information content (AvgIpc) is 2.87. The summed E-state index contributed by atoms with van der Waals surface area (Å²) in [6, 6.07) is 9.82. The van der Waals surface area contributed by atoms with E-state index < -0.39 is 0 Å². The van der Waals surface area contributed by atoms with Crippen molar-refractivity contribution in [2.75, 3.05) is 13.6 Å². The Labute approximate surface area is 132 Å². The number of likely N-dealkylation sites (N-methyl/N-ethyl adjacent to an activating group) is 1. The van der Waals surface area contributed by atoms with Gasteiger partial charge >= 0.3 is 0 Å². The minimum atomic E-state index is -0.156. The smallest absolute Gasteiger partial charge is 0.271 e. The highest BCUT2D eigenvalue weighted by Gasteiger charge is 2.13. The Balaban J connectivity index is 2.15. The molecule has 2 N–H and O–H groups in total. The predicted octanol–water partition coefficient (Wildman–Crippen LogP) is 2.28. The van der Waals surface area contributed by atoms with E-state index in [1.54, 1.807) is 10.7 Å². The van der Waals surface area contributed by atoms with Crippen LogP contribution in [-0.4, -0.2) is 35.3 Å². The van der Waals surface area contributed by atoms with Gasteiger partial charge in [-0.25, -0.2) is 4.68 Å². The van der Waals surface area contributed by atoms with E-state index in [1.165, 1.54) is 0 Å². The number of hydrogen-bond acceptors (Lipinski definition) is 3. The van der Waals surface area contributed by atoms with Crippen molar-refractivity contribution in [1.82, 2.24) is 20.4 Å². The number of nitrogens with one attached hydrogen (secondary N) is 2. The number of aromatic nitrogens is 2. The van der Waals surface area contributed by atoms with Crippen LogP contribution < -0.4 is 10.6 Å². The van der Waals surface area contributed by atoms with Gasteiger partial charge in [0.25, 0.3) is 5.91 Å². The Morgan fingerprint density at radius 2 is 2.05 bits per heavy atom. The van der Waals surface area contributed by atoms with Crippen LogP contribution in [0.4, 0.5) is 0 Å². The molecule has 6 heteroatoms. The number of amides is 1. The monoisotopic (exact) mass is 350 g/mol. The topological polar surface area (TPSA) is 58.9 Å². The van der Waals surface area contributed by atoms with E-state index in [0.717, 1.165) is 15.9 Å². The zero-order valence-corrected chi connectivity index (χ0v) is 13.9. The molecule has 1 aromatic carbocycles. The molecule has 1 aromatic heterocycles. The predicted molar refractivity (Wildman–Crippen MR) is 86.9 cm³/mol. The standard InChI is InChI=1S/C15H19BrN4O/c1-10(17-3)9-18-15(21)14-8-11(2)20(19-14)13-6-4-12(16)5-7-13/h4-8,10,17H,9H2,1-3H3,(H,18,21). The van der Waals surface area contributed by atoms with Crippen molar-refractivity contribution in [3.8, 4) is 5.69 Å². The van der Waals surface area contributed by atoms with E-state index in [1.807, 2.05) is 45.2 Å². The number of carbonyl (C=O) groups excluding carboxylic acids is 1. The van der Waals surface area contributed by atoms with Crippen molar-refractivity contribution in [3.63, 3.8) is 0 Å². The van der Waals surface area contributed by atoms with Gasteiger partial charge in [-0.3, -0.25) is 4.79 Å². The van der Waals surface area contributed by atoms with E-state index in [-0.39, 0.29) is 11.9 Å². The van der Waals surface area contributed by atoms with Crippen LogP contribution in [-0.2, 0) is 0 Å². The van der Waals surface area contributed by atoms with Gasteiger partial charge in [-0.05, 0) is 51.2 Å². The first-order chi connectivity index (χ1) is 10.0. The number of rotatable bonds is 5. The van der Waals surface area contributed by atoms with Crippen molar-refractivity contribution < 1.29 is 4.79 Å². The summed E-state index contributed by atoms with van der Waals surface area (Å²) >= 11 is 3.41. The molecular weight excluding hydrogens is 332 g/mol. The van der Waals surface area contributed by atoms with Crippen LogP contribution in [0.1, 0.15) is 23.1 Å². The summed E-state index contributed by atoms with van der Waals surface area (Å²) < 4.78 is 2.78. The fraction of sp³-hybridized carbons (Fsp3) is 0.333. The summed E-state index contributed by atoms with van der Waals surface area (Å²) in [6.07, 6.45) is 0. The second-order valence-electron chi connectivity index (χ2n) is 4.96. The van der Waals surface area contributed by atoms with Crippen LogP contribution in [0.5, 0.6) is 0 Å². The van der Waals surface area contributed by atoms with Crippen LogP contribution in [0.3, 0.4) is 0 Å². The Morgan fingerprint density at radius 1 is 1.38 bits per heavy atom. The van der Waals surface area contributed by atoms with Gasteiger partial charge in [0.15, 0.2) is 5.69 Å². The molecule has 2 aromatic rings. The van der Waals surface area contributed by atoms with Crippen molar-refractivity contribution in [1.29, 1.82) is 0 Å². The molecule has 0 aliphatic rings. The molecular formula is C15H19BrN4O. The highest BCUT2D eigenvalue weighted by Crippen LogP contribution is 2.16. The SMILES string of the molecule is CNC(C)CNC(=O)c1cc(C)n(-c2ccc(Br)cc2)n1. The first-order valence-corrected chi connectivity index (χ1v) is 7.58. The third-order valence-electron chi connectivity index (χ3n) is 3.25. The molecule has 0 saturated heterocycles. The molecule has 112 valence electrons. The summed E-state index contributed by atoms with van der Waals surface area (Å²) in [4.78, 5) is 12.1. The summed E-state index contributed by atoms with van der Waals surface area (Å²) in [5, 5.41) is 10.3. The summed E-state index contributed by atoms with van der Waals surface area (Å²) in [6.45, 7) is 4.51. The highest BCUT2D eigenvalue weighted by molar-refractivity contribution is 9.10. The molecule has 2 rings (SSSR count). The molecule has 0 spiro atoms. The van der Waals surface area contributed by atoms with Crippen LogP contribution in [0.25, 0.3) is 5.69 Å². The van der Waals surface area contributed by atoms with Gasteiger partial charge in [0, 0.05) is 22.8 Å². The largest absolute Gasteiger partial charge is 0.349 e. The van der Waals surface area contributed by atoms with Gasteiger partial charge in [0.1, 0.15) is 0 Å². The van der Waals surface area contributed by atoms with Gasteiger partial charge in [0.05, 0.1) is 5.69 Å². The zero-order valence-electron chi connectivity index (χ0n) is 12.4. The molecule has 0 aliphatic carbocycles. The molecule has 1 amide bonds. The van der Waals surface area contributed by atoms with Gasteiger partial charge in [-0.15, -0.1) is 0 Å². The molecule has 21 heavy (non-hydrogen) atoms. The van der Waals surface area contributed by atoms with Crippen molar-refractivity contribution >= 4 is 21.8 Å². The number of halogens is 1. The lowest BCUT2D eigenvalue weighted by Crippen LogP contribution is -2.37. The zero-order chi connectivity index (χ0) is 15.4. The van der Waals surface area contributed by atoms with Crippen LogP contribution in [0.2, 0.25) is 0 Å². The first-order valence-electron chi connectivity index (χ1n) is 6.79. The molecule has 1 heterocycles. The quantitative estimate of drug-likeness (QED) is 0.869. The number of aryl methyl sites for hydroxylation is 1. The van der Waals surface area contributed by atoms with Crippen molar-refractivity contribution in [2.45, 2.75) is 19.9 Å².